The minimum Gasteiger partial charge on any atom is -0.303 e. The number of carbonyl (C=O) groups excluding carboxylic acids is 1. The van der Waals surface area contributed by atoms with Gasteiger partial charge in [-0.1, -0.05) is 77.6 Å². The summed E-state index contributed by atoms with van der Waals surface area (Å²) >= 11 is 13.9. The average molecular weight is 444 g/mol. The minimum absolute atomic E-state index is 0.0255. The Morgan fingerprint density at radius 1 is 1.31 bits per heavy atom. The number of rotatable bonds is 4. The van der Waals surface area contributed by atoms with Gasteiger partial charge >= 0.3 is 0 Å². The summed E-state index contributed by atoms with van der Waals surface area (Å²) in [6.45, 7) is 4.14. The third-order valence-electron chi connectivity index (χ3n) is 1.87. The molecule has 1 nitrogen and oxygen atoms in total. The van der Waals surface area contributed by atoms with Crippen molar-refractivity contribution in [3.05, 3.63) is 0 Å². The molecule has 0 radical (unpaired) electrons. The third kappa shape index (κ3) is 6.63. The molecule has 1 unspecified atom stereocenters. The van der Waals surface area contributed by atoms with Gasteiger partial charge in [-0.05, 0) is 11.8 Å². The van der Waals surface area contributed by atoms with E-state index < -0.39 is 0 Å². The zero-order valence-electron chi connectivity index (χ0n) is 7.49. The van der Waals surface area contributed by atoms with Crippen LogP contribution in [0.2, 0.25) is 0 Å². The van der Waals surface area contributed by atoms with Crippen molar-refractivity contribution >= 4 is 70.0 Å². The first-order chi connectivity index (χ1) is 5.69. The molecule has 1 atom stereocenters. The van der Waals surface area contributed by atoms with Crippen molar-refractivity contribution in [2.24, 2.45) is 5.41 Å². The standard InChI is InChI=1S/C8H12Br4O/c1-7(2,3-4-13)6(9)5-8(10,11)12/h4,6H,3,5H2,1-2H3. The van der Waals surface area contributed by atoms with Crippen LogP contribution < -0.4 is 0 Å². The summed E-state index contributed by atoms with van der Waals surface area (Å²) in [6.07, 6.45) is 2.37. The third-order valence-corrected chi connectivity index (χ3v) is 4.40. The monoisotopic (exact) mass is 440 g/mol. The summed E-state index contributed by atoms with van der Waals surface area (Å²) < 4.78 is -0.249. The summed E-state index contributed by atoms with van der Waals surface area (Å²) in [6, 6.07) is 0. The molecule has 0 saturated carbocycles. The van der Waals surface area contributed by atoms with Gasteiger partial charge in [0.25, 0.3) is 0 Å². The molecule has 13 heavy (non-hydrogen) atoms. The number of alkyl halides is 4. The van der Waals surface area contributed by atoms with E-state index >= 15 is 0 Å². The van der Waals surface area contributed by atoms with Gasteiger partial charge in [0.05, 0.1) is 0 Å². The molecule has 0 heterocycles. The molecule has 0 aliphatic heterocycles. The Hall–Kier alpha value is 1.59. The maximum absolute atomic E-state index is 10.4. The highest BCUT2D eigenvalue weighted by Gasteiger charge is 2.32. The molecule has 0 N–H and O–H groups in total. The van der Waals surface area contributed by atoms with Crippen LogP contribution in [0.5, 0.6) is 0 Å². The van der Waals surface area contributed by atoms with E-state index in [0.717, 1.165) is 12.7 Å². The average Bonchev–Trinajstić information content (AvgIpc) is 1.82. The van der Waals surface area contributed by atoms with Crippen molar-refractivity contribution in [1.29, 1.82) is 0 Å². The lowest BCUT2D eigenvalue weighted by molar-refractivity contribution is -0.109. The van der Waals surface area contributed by atoms with Crippen molar-refractivity contribution in [3.8, 4) is 0 Å². The van der Waals surface area contributed by atoms with Crippen molar-refractivity contribution in [2.75, 3.05) is 0 Å². The summed E-state index contributed by atoms with van der Waals surface area (Å²) in [5.41, 5.74) is -0.0255. The van der Waals surface area contributed by atoms with Gasteiger partial charge in [0.1, 0.15) is 8.43 Å². The fourth-order valence-electron chi connectivity index (χ4n) is 0.822. The van der Waals surface area contributed by atoms with Gasteiger partial charge in [-0.2, -0.15) is 0 Å². The van der Waals surface area contributed by atoms with Crippen LogP contribution >= 0.6 is 63.7 Å². The second-order valence-corrected chi connectivity index (χ2v) is 12.0. The molecule has 0 aliphatic rings. The molecular weight excluding hydrogens is 432 g/mol. The molecule has 0 amide bonds. The van der Waals surface area contributed by atoms with Crippen LogP contribution in [-0.2, 0) is 4.79 Å². The quantitative estimate of drug-likeness (QED) is 0.459. The lowest BCUT2D eigenvalue weighted by Crippen LogP contribution is -2.28. The molecule has 0 rings (SSSR count). The highest BCUT2D eigenvalue weighted by molar-refractivity contribution is 9.39. The number of hydrogen-bond acceptors (Lipinski definition) is 1. The Morgan fingerprint density at radius 2 is 1.77 bits per heavy atom. The van der Waals surface area contributed by atoms with Gasteiger partial charge in [-0.25, -0.2) is 0 Å². The van der Waals surface area contributed by atoms with Gasteiger partial charge in [0, 0.05) is 11.2 Å². The molecule has 0 aromatic heterocycles. The molecule has 0 fully saturated rings. The molecule has 0 saturated heterocycles. The molecular formula is C8H12Br4O. The van der Waals surface area contributed by atoms with E-state index in [1.165, 1.54) is 0 Å². The zero-order chi connectivity index (χ0) is 10.7. The molecule has 5 heteroatoms. The van der Waals surface area contributed by atoms with Crippen LogP contribution in [0.1, 0.15) is 26.7 Å². The number of aldehydes is 1. The minimum atomic E-state index is -0.249. The first kappa shape index (κ1) is 14.6. The Kier molecular flexibility index (Phi) is 6.30. The van der Waals surface area contributed by atoms with E-state index in [0.29, 0.717) is 6.42 Å². The fraction of sp³-hybridized carbons (Fsp3) is 0.875. The smallest absolute Gasteiger partial charge is 0.136 e. The van der Waals surface area contributed by atoms with Gasteiger partial charge in [-0.15, -0.1) is 0 Å². The summed E-state index contributed by atoms with van der Waals surface area (Å²) in [5, 5.41) is 0. The second-order valence-electron chi connectivity index (χ2n) is 3.65. The van der Waals surface area contributed by atoms with Crippen LogP contribution in [0.4, 0.5) is 0 Å². The van der Waals surface area contributed by atoms with Crippen molar-refractivity contribution < 1.29 is 4.79 Å². The predicted octanol–water partition coefficient (Wildman–Crippen LogP) is 4.59. The van der Waals surface area contributed by atoms with Gasteiger partial charge in [0.2, 0.25) is 0 Å². The van der Waals surface area contributed by atoms with E-state index in [9.17, 15) is 4.79 Å². The van der Waals surface area contributed by atoms with E-state index in [2.05, 4.69) is 77.6 Å². The Labute approximate surface area is 113 Å². The Bertz CT molecular complexity index is 173. The van der Waals surface area contributed by atoms with E-state index in [-0.39, 0.29) is 12.4 Å². The number of carbonyl (C=O) groups is 1. The van der Waals surface area contributed by atoms with Crippen molar-refractivity contribution in [2.45, 2.75) is 33.7 Å². The summed E-state index contributed by atoms with van der Waals surface area (Å²) in [4.78, 5) is 10.7. The fourth-order valence-corrected chi connectivity index (χ4v) is 3.77. The Morgan fingerprint density at radius 3 is 2.08 bits per heavy atom. The molecule has 0 aromatic carbocycles. The van der Waals surface area contributed by atoms with E-state index in [4.69, 9.17) is 0 Å². The van der Waals surface area contributed by atoms with Gasteiger partial charge in [-0.3, -0.25) is 0 Å². The molecule has 0 aromatic rings. The zero-order valence-corrected chi connectivity index (χ0v) is 13.8. The van der Waals surface area contributed by atoms with Crippen LogP contribution in [-0.4, -0.2) is 13.3 Å². The lowest BCUT2D eigenvalue weighted by atomic mass is 9.85. The SMILES string of the molecule is CC(C)(CC=O)C(Br)CC(Br)(Br)Br. The molecule has 0 aliphatic carbocycles. The second kappa shape index (κ2) is 5.61. The maximum Gasteiger partial charge on any atom is 0.136 e. The van der Waals surface area contributed by atoms with E-state index in [1.54, 1.807) is 0 Å². The maximum atomic E-state index is 10.4. The van der Waals surface area contributed by atoms with Crippen LogP contribution in [0, 0.1) is 5.41 Å². The Balaban J connectivity index is 4.24. The van der Waals surface area contributed by atoms with Crippen molar-refractivity contribution in [3.63, 3.8) is 0 Å². The van der Waals surface area contributed by atoms with Crippen LogP contribution in [0.15, 0.2) is 0 Å². The number of hydrogen-bond donors (Lipinski definition) is 0. The molecule has 78 valence electrons. The lowest BCUT2D eigenvalue weighted by Gasteiger charge is -2.30. The number of halogens is 4. The highest BCUT2D eigenvalue weighted by Crippen LogP contribution is 2.44. The summed E-state index contributed by atoms with van der Waals surface area (Å²) in [5.74, 6) is 0. The first-order valence-electron chi connectivity index (χ1n) is 3.83. The van der Waals surface area contributed by atoms with Crippen molar-refractivity contribution in [1.82, 2.24) is 0 Å². The normalized spacial score (nSPS) is 15.5. The highest BCUT2D eigenvalue weighted by atomic mass is 80.0. The van der Waals surface area contributed by atoms with E-state index in [1.807, 2.05) is 0 Å². The molecule has 0 bridgehead atoms. The van der Waals surface area contributed by atoms with Gasteiger partial charge in [0.15, 0.2) is 0 Å². The predicted molar refractivity (Wildman–Crippen MR) is 71.3 cm³/mol. The van der Waals surface area contributed by atoms with Crippen LogP contribution in [0.3, 0.4) is 0 Å². The summed E-state index contributed by atoms with van der Waals surface area (Å²) in [7, 11) is 0. The first-order valence-corrected chi connectivity index (χ1v) is 7.13. The largest absolute Gasteiger partial charge is 0.303 e. The molecule has 0 spiro atoms. The topological polar surface area (TPSA) is 17.1 Å². The van der Waals surface area contributed by atoms with Crippen LogP contribution in [0.25, 0.3) is 0 Å². The van der Waals surface area contributed by atoms with Gasteiger partial charge < -0.3 is 4.79 Å².